The third-order valence-electron chi connectivity index (χ3n) is 1.14. The van der Waals surface area contributed by atoms with Gasteiger partial charge in [0.2, 0.25) is 3.55 Å². The van der Waals surface area contributed by atoms with Gasteiger partial charge >= 0.3 is 5.97 Å². The SMILES string of the molecule is O=C(O)C1(I)C=CC=CN1. The lowest BCUT2D eigenvalue weighted by molar-refractivity contribution is -0.138. The van der Waals surface area contributed by atoms with Gasteiger partial charge in [0.1, 0.15) is 0 Å². The van der Waals surface area contributed by atoms with Gasteiger partial charge in [-0.3, -0.25) is 0 Å². The summed E-state index contributed by atoms with van der Waals surface area (Å²) in [6.45, 7) is 0. The topological polar surface area (TPSA) is 49.3 Å². The van der Waals surface area contributed by atoms with Gasteiger partial charge in [-0.2, -0.15) is 0 Å². The second-order valence-corrected chi connectivity index (χ2v) is 3.58. The van der Waals surface area contributed by atoms with Crippen molar-refractivity contribution in [2.45, 2.75) is 3.55 Å². The van der Waals surface area contributed by atoms with Crippen LogP contribution in [0.3, 0.4) is 0 Å². The van der Waals surface area contributed by atoms with Crippen molar-refractivity contribution in [2.24, 2.45) is 0 Å². The zero-order valence-electron chi connectivity index (χ0n) is 5.04. The van der Waals surface area contributed by atoms with E-state index in [2.05, 4.69) is 5.32 Å². The molecule has 54 valence electrons. The van der Waals surface area contributed by atoms with Crippen LogP contribution in [0.15, 0.2) is 24.4 Å². The number of carboxylic acid groups (broad SMARTS) is 1. The van der Waals surface area contributed by atoms with Crippen molar-refractivity contribution in [3.63, 3.8) is 0 Å². The predicted octanol–water partition coefficient (Wildman–Crippen LogP) is 0.875. The lowest BCUT2D eigenvalue weighted by Gasteiger charge is -2.20. The Labute approximate surface area is 71.9 Å². The fraction of sp³-hybridized carbons (Fsp3) is 0.167. The summed E-state index contributed by atoms with van der Waals surface area (Å²) in [6, 6.07) is 0. The molecule has 1 heterocycles. The minimum atomic E-state index is -0.952. The first kappa shape index (κ1) is 7.59. The zero-order valence-corrected chi connectivity index (χ0v) is 7.20. The molecule has 0 bridgehead atoms. The Kier molecular flexibility index (Phi) is 1.98. The van der Waals surface area contributed by atoms with E-state index in [9.17, 15) is 4.79 Å². The number of alkyl halides is 1. The highest BCUT2D eigenvalue weighted by molar-refractivity contribution is 14.1. The number of dihydropyridines is 1. The maximum Gasteiger partial charge on any atom is 0.343 e. The van der Waals surface area contributed by atoms with Crippen molar-refractivity contribution >= 4 is 28.6 Å². The van der Waals surface area contributed by atoms with Crippen LogP contribution in [0.1, 0.15) is 0 Å². The molecule has 1 atom stereocenters. The smallest absolute Gasteiger partial charge is 0.343 e. The number of carbonyl (C=O) groups is 1. The van der Waals surface area contributed by atoms with E-state index >= 15 is 0 Å². The Hall–Kier alpha value is -0.520. The highest BCUT2D eigenvalue weighted by Gasteiger charge is 2.31. The van der Waals surface area contributed by atoms with Crippen molar-refractivity contribution < 1.29 is 9.90 Å². The summed E-state index contributed by atoms with van der Waals surface area (Å²) in [5.74, 6) is -0.881. The molecule has 0 aliphatic carbocycles. The van der Waals surface area contributed by atoms with Gasteiger partial charge in [-0.1, -0.05) is 6.08 Å². The highest BCUT2D eigenvalue weighted by Crippen LogP contribution is 2.19. The average Bonchev–Trinajstić information content (AvgIpc) is 1.89. The predicted molar refractivity (Wildman–Crippen MR) is 45.8 cm³/mol. The maximum absolute atomic E-state index is 10.5. The quantitative estimate of drug-likeness (QED) is 0.413. The van der Waals surface area contributed by atoms with E-state index in [0.717, 1.165) is 0 Å². The second kappa shape index (κ2) is 2.61. The number of rotatable bonds is 1. The summed E-state index contributed by atoms with van der Waals surface area (Å²) in [5.41, 5.74) is 0. The van der Waals surface area contributed by atoms with E-state index in [0.29, 0.717) is 0 Å². The van der Waals surface area contributed by atoms with Gasteiger partial charge in [-0.25, -0.2) is 4.79 Å². The molecule has 0 aromatic rings. The number of allylic oxidation sites excluding steroid dienone is 2. The third kappa shape index (κ3) is 1.31. The molecule has 0 fully saturated rings. The van der Waals surface area contributed by atoms with Gasteiger partial charge in [0.25, 0.3) is 0 Å². The van der Waals surface area contributed by atoms with Crippen LogP contribution < -0.4 is 5.32 Å². The molecule has 1 unspecified atom stereocenters. The zero-order chi connectivity index (χ0) is 7.61. The van der Waals surface area contributed by atoms with Crippen LogP contribution in [-0.4, -0.2) is 14.6 Å². The molecular weight excluding hydrogens is 245 g/mol. The molecule has 3 nitrogen and oxygen atoms in total. The molecular formula is C6H6INO2. The fourth-order valence-electron chi connectivity index (χ4n) is 0.594. The van der Waals surface area contributed by atoms with Crippen molar-refractivity contribution in [3.05, 3.63) is 24.4 Å². The summed E-state index contributed by atoms with van der Waals surface area (Å²) < 4.78 is -0.952. The molecule has 1 rings (SSSR count). The van der Waals surface area contributed by atoms with Crippen molar-refractivity contribution in [1.29, 1.82) is 0 Å². The molecule has 1 aliphatic rings. The molecule has 2 N–H and O–H groups in total. The Balaban J connectivity index is 2.80. The molecule has 10 heavy (non-hydrogen) atoms. The molecule has 0 saturated heterocycles. The molecule has 0 spiro atoms. The molecule has 0 saturated carbocycles. The van der Waals surface area contributed by atoms with Crippen LogP contribution in [0.5, 0.6) is 0 Å². The summed E-state index contributed by atoms with van der Waals surface area (Å²) in [7, 11) is 0. The van der Waals surface area contributed by atoms with Gasteiger partial charge in [-0.15, -0.1) is 0 Å². The minimum Gasteiger partial charge on any atom is -0.479 e. The van der Waals surface area contributed by atoms with Crippen LogP contribution in [0.25, 0.3) is 0 Å². The van der Waals surface area contributed by atoms with Crippen LogP contribution >= 0.6 is 22.6 Å². The van der Waals surface area contributed by atoms with E-state index in [4.69, 9.17) is 5.11 Å². The van der Waals surface area contributed by atoms with Gasteiger partial charge in [-0.05, 0) is 40.9 Å². The number of nitrogens with one attached hydrogen (secondary N) is 1. The van der Waals surface area contributed by atoms with Gasteiger partial charge in [0.05, 0.1) is 0 Å². The van der Waals surface area contributed by atoms with Crippen molar-refractivity contribution in [1.82, 2.24) is 5.32 Å². The Morgan fingerprint density at radius 3 is 2.60 bits per heavy atom. The Bertz CT molecular complexity index is 212. The van der Waals surface area contributed by atoms with E-state index in [-0.39, 0.29) is 0 Å². The average molecular weight is 251 g/mol. The summed E-state index contributed by atoms with van der Waals surface area (Å²) in [5, 5.41) is 11.4. The minimum absolute atomic E-state index is 0.881. The van der Waals surface area contributed by atoms with Gasteiger partial charge < -0.3 is 10.4 Å². The molecule has 4 heteroatoms. The number of hydrogen-bond acceptors (Lipinski definition) is 2. The molecule has 1 aliphatic heterocycles. The molecule has 0 aromatic carbocycles. The van der Waals surface area contributed by atoms with Crippen molar-refractivity contribution in [3.8, 4) is 0 Å². The van der Waals surface area contributed by atoms with Crippen LogP contribution in [0.2, 0.25) is 0 Å². The summed E-state index contributed by atoms with van der Waals surface area (Å²) >= 11 is 1.83. The Morgan fingerprint density at radius 1 is 1.60 bits per heavy atom. The fourth-order valence-corrected chi connectivity index (χ4v) is 0.982. The van der Waals surface area contributed by atoms with Gasteiger partial charge in [0, 0.05) is 0 Å². The summed E-state index contributed by atoms with van der Waals surface area (Å²) in [6.07, 6.45) is 6.66. The van der Waals surface area contributed by atoms with Crippen LogP contribution in [0.4, 0.5) is 0 Å². The molecule has 0 aromatic heterocycles. The first-order valence-electron chi connectivity index (χ1n) is 2.69. The lowest BCUT2D eigenvalue weighted by atomic mass is 10.2. The molecule has 0 radical (unpaired) electrons. The maximum atomic E-state index is 10.5. The second-order valence-electron chi connectivity index (χ2n) is 1.88. The van der Waals surface area contributed by atoms with Crippen LogP contribution in [0, 0.1) is 0 Å². The largest absolute Gasteiger partial charge is 0.479 e. The van der Waals surface area contributed by atoms with Gasteiger partial charge in [0.15, 0.2) is 0 Å². The first-order chi connectivity index (χ1) is 4.65. The first-order valence-corrected chi connectivity index (χ1v) is 3.77. The van der Waals surface area contributed by atoms with E-state index in [1.54, 1.807) is 24.4 Å². The van der Waals surface area contributed by atoms with E-state index < -0.39 is 9.51 Å². The highest BCUT2D eigenvalue weighted by atomic mass is 127. The summed E-state index contributed by atoms with van der Waals surface area (Å²) in [4.78, 5) is 10.5. The molecule has 0 amide bonds. The number of aliphatic carboxylic acids is 1. The van der Waals surface area contributed by atoms with E-state index in [1.165, 1.54) is 0 Å². The van der Waals surface area contributed by atoms with E-state index in [1.807, 2.05) is 22.6 Å². The van der Waals surface area contributed by atoms with Crippen molar-refractivity contribution in [2.75, 3.05) is 0 Å². The third-order valence-corrected chi connectivity index (χ3v) is 2.27. The van der Waals surface area contributed by atoms with Crippen LogP contribution in [-0.2, 0) is 4.79 Å². The lowest BCUT2D eigenvalue weighted by Crippen LogP contribution is -2.42. The standard InChI is InChI=1S/C6H6INO2/c7-6(5(9)10)3-1-2-4-8-6/h1-4,8H,(H,9,10). The number of halogens is 1. The number of carboxylic acids is 1. The normalized spacial score (nSPS) is 29.7. The number of hydrogen-bond donors (Lipinski definition) is 2. The Morgan fingerprint density at radius 2 is 2.30 bits per heavy atom. The monoisotopic (exact) mass is 251 g/mol.